The average Bonchev–Trinajstić information content (AvgIpc) is 2.21. The highest BCUT2D eigenvalue weighted by Crippen LogP contribution is 2.23. The van der Waals surface area contributed by atoms with Crippen LogP contribution in [0.4, 0.5) is 0 Å². The average molecular weight is 292 g/mol. The van der Waals surface area contributed by atoms with Crippen molar-refractivity contribution in [2.45, 2.75) is 19.2 Å². The topological polar surface area (TPSA) is 26.3 Å². The van der Waals surface area contributed by atoms with Gasteiger partial charge in [-0.2, -0.15) is 0 Å². The Morgan fingerprint density at radius 1 is 1.53 bits per heavy atom. The van der Waals surface area contributed by atoms with E-state index >= 15 is 0 Å². The number of ether oxygens (including phenoxy) is 1. The standard InChI is InChI=1S/C11H12BrClO2/c1-3-15-11(14)9-5-10(13)8(6-12)4-7(9)2/h4-5H,3,6H2,1-2H3. The maximum atomic E-state index is 11.5. The van der Waals surface area contributed by atoms with E-state index in [-0.39, 0.29) is 5.97 Å². The SMILES string of the molecule is CCOC(=O)c1cc(Cl)c(CBr)cc1C. The van der Waals surface area contributed by atoms with Crippen LogP contribution in [0.2, 0.25) is 5.02 Å². The highest BCUT2D eigenvalue weighted by atomic mass is 79.9. The predicted octanol–water partition coefficient (Wildman–Crippen LogP) is 3.72. The summed E-state index contributed by atoms with van der Waals surface area (Å²) in [7, 11) is 0. The quantitative estimate of drug-likeness (QED) is 0.627. The van der Waals surface area contributed by atoms with Crippen LogP contribution in [0.1, 0.15) is 28.4 Å². The van der Waals surface area contributed by atoms with Gasteiger partial charge in [0.1, 0.15) is 0 Å². The smallest absolute Gasteiger partial charge is 0.338 e. The summed E-state index contributed by atoms with van der Waals surface area (Å²) in [4.78, 5) is 11.5. The first kappa shape index (κ1) is 12.5. The van der Waals surface area contributed by atoms with Gasteiger partial charge in [0, 0.05) is 10.4 Å². The van der Waals surface area contributed by atoms with E-state index in [1.165, 1.54) is 0 Å². The zero-order valence-corrected chi connectivity index (χ0v) is 11.0. The van der Waals surface area contributed by atoms with E-state index in [0.29, 0.717) is 22.5 Å². The summed E-state index contributed by atoms with van der Waals surface area (Å²) in [6, 6.07) is 3.55. The van der Waals surface area contributed by atoms with Crippen molar-refractivity contribution in [3.05, 3.63) is 33.8 Å². The Hall–Kier alpha value is -0.540. The number of carbonyl (C=O) groups is 1. The summed E-state index contributed by atoms with van der Waals surface area (Å²) >= 11 is 9.34. The van der Waals surface area contributed by atoms with Gasteiger partial charge < -0.3 is 4.74 Å². The van der Waals surface area contributed by atoms with Crippen molar-refractivity contribution in [2.24, 2.45) is 0 Å². The van der Waals surface area contributed by atoms with Gasteiger partial charge in [-0.3, -0.25) is 0 Å². The molecule has 1 aromatic carbocycles. The van der Waals surface area contributed by atoms with Crippen molar-refractivity contribution in [1.82, 2.24) is 0 Å². The maximum absolute atomic E-state index is 11.5. The molecule has 0 N–H and O–H groups in total. The van der Waals surface area contributed by atoms with Crippen molar-refractivity contribution in [2.75, 3.05) is 6.61 Å². The molecule has 1 aromatic rings. The number of benzene rings is 1. The molecule has 0 radical (unpaired) electrons. The number of rotatable bonds is 3. The molecular formula is C11H12BrClO2. The fourth-order valence-corrected chi connectivity index (χ4v) is 2.13. The fourth-order valence-electron chi connectivity index (χ4n) is 1.27. The van der Waals surface area contributed by atoms with E-state index < -0.39 is 0 Å². The lowest BCUT2D eigenvalue weighted by atomic mass is 10.1. The first-order valence-electron chi connectivity index (χ1n) is 4.62. The minimum absolute atomic E-state index is 0.321. The third-order valence-electron chi connectivity index (χ3n) is 2.03. The third kappa shape index (κ3) is 2.95. The van der Waals surface area contributed by atoms with Crippen molar-refractivity contribution >= 4 is 33.5 Å². The molecule has 0 saturated carbocycles. The highest BCUT2D eigenvalue weighted by molar-refractivity contribution is 9.08. The number of alkyl halides is 1. The summed E-state index contributed by atoms with van der Waals surface area (Å²) in [6.07, 6.45) is 0. The van der Waals surface area contributed by atoms with Crippen LogP contribution in [0, 0.1) is 6.92 Å². The van der Waals surface area contributed by atoms with E-state index in [0.717, 1.165) is 11.1 Å². The van der Waals surface area contributed by atoms with E-state index in [1.807, 2.05) is 13.0 Å². The first-order chi connectivity index (χ1) is 7.10. The minimum atomic E-state index is -0.321. The Bertz CT molecular complexity index is 377. The van der Waals surface area contributed by atoms with Crippen LogP contribution in [0.25, 0.3) is 0 Å². The Labute approximate surface area is 103 Å². The van der Waals surface area contributed by atoms with Gasteiger partial charge in [0.05, 0.1) is 12.2 Å². The van der Waals surface area contributed by atoms with E-state index in [4.69, 9.17) is 16.3 Å². The Morgan fingerprint density at radius 3 is 2.73 bits per heavy atom. The van der Waals surface area contributed by atoms with Crippen LogP contribution < -0.4 is 0 Å². The molecule has 15 heavy (non-hydrogen) atoms. The summed E-state index contributed by atoms with van der Waals surface area (Å²) in [6.45, 7) is 4.02. The second kappa shape index (κ2) is 5.52. The van der Waals surface area contributed by atoms with Crippen molar-refractivity contribution in [3.63, 3.8) is 0 Å². The maximum Gasteiger partial charge on any atom is 0.338 e. The zero-order valence-electron chi connectivity index (χ0n) is 8.64. The summed E-state index contributed by atoms with van der Waals surface area (Å²) < 4.78 is 4.93. The second-order valence-electron chi connectivity index (χ2n) is 3.11. The highest BCUT2D eigenvalue weighted by Gasteiger charge is 2.12. The molecule has 0 saturated heterocycles. The van der Waals surface area contributed by atoms with E-state index in [1.54, 1.807) is 13.0 Å². The molecule has 0 fully saturated rings. The number of aryl methyl sites for hydroxylation is 1. The molecule has 0 atom stereocenters. The number of hydrogen-bond acceptors (Lipinski definition) is 2. The van der Waals surface area contributed by atoms with E-state index in [2.05, 4.69) is 15.9 Å². The lowest BCUT2D eigenvalue weighted by molar-refractivity contribution is 0.0525. The fraction of sp³-hybridized carbons (Fsp3) is 0.364. The van der Waals surface area contributed by atoms with Gasteiger partial charge in [0.15, 0.2) is 0 Å². The summed E-state index contributed by atoms with van der Waals surface area (Å²) in [5, 5.41) is 1.26. The molecule has 0 spiro atoms. The van der Waals surface area contributed by atoms with Gasteiger partial charge in [-0.15, -0.1) is 0 Å². The number of halogens is 2. The van der Waals surface area contributed by atoms with Crippen molar-refractivity contribution < 1.29 is 9.53 Å². The van der Waals surface area contributed by atoms with E-state index in [9.17, 15) is 4.79 Å². The molecule has 0 unspecified atom stereocenters. The van der Waals surface area contributed by atoms with Gasteiger partial charge in [-0.25, -0.2) is 4.79 Å². The van der Waals surface area contributed by atoms with Crippen LogP contribution in [0.5, 0.6) is 0 Å². The Kier molecular flexibility index (Phi) is 4.61. The lowest BCUT2D eigenvalue weighted by Gasteiger charge is -2.08. The molecule has 4 heteroatoms. The van der Waals surface area contributed by atoms with Crippen molar-refractivity contribution in [3.8, 4) is 0 Å². The zero-order chi connectivity index (χ0) is 11.4. The molecule has 2 nitrogen and oxygen atoms in total. The van der Waals surface area contributed by atoms with Crippen LogP contribution in [0.3, 0.4) is 0 Å². The molecular weight excluding hydrogens is 279 g/mol. The lowest BCUT2D eigenvalue weighted by Crippen LogP contribution is -2.07. The summed E-state index contributed by atoms with van der Waals surface area (Å²) in [5.41, 5.74) is 2.39. The Balaban J connectivity index is 3.10. The van der Waals surface area contributed by atoms with Crippen LogP contribution >= 0.6 is 27.5 Å². The molecule has 0 aromatic heterocycles. The van der Waals surface area contributed by atoms with Crippen molar-refractivity contribution in [1.29, 1.82) is 0 Å². The van der Waals surface area contributed by atoms with Crippen LogP contribution in [-0.2, 0) is 10.1 Å². The predicted molar refractivity (Wildman–Crippen MR) is 64.8 cm³/mol. The Morgan fingerprint density at radius 2 is 2.20 bits per heavy atom. The first-order valence-corrected chi connectivity index (χ1v) is 6.12. The van der Waals surface area contributed by atoms with Gasteiger partial charge in [0.2, 0.25) is 0 Å². The molecule has 0 aliphatic carbocycles. The normalized spacial score (nSPS) is 10.1. The van der Waals surface area contributed by atoms with Crippen LogP contribution in [0.15, 0.2) is 12.1 Å². The molecule has 0 aliphatic rings. The molecule has 0 amide bonds. The van der Waals surface area contributed by atoms with Gasteiger partial charge in [-0.05, 0) is 31.0 Å². The second-order valence-corrected chi connectivity index (χ2v) is 4.08. The molecule has 0 bridgehead atoms. The van der Waals surface area contributed by atoms with Gasteiger partial charge in [-0.1, -0.05) is 33.6 Å². The number of esters is 1. The largest absolute Gasteiger partial charge is 0.462 e. The number of carbonyl (C=O) groups excluding carboxylic acids is 1. The monoisotopic (exact) mass is 290 g/mol. The molecule has 1 rings (SSSR count). The minimum Gasteiger partial charge on any atom is -0.462 e. The number of hydrogen-bond donors (Lipinski definition) is 0. The van der Waals surface area contributed by atoms with Gasteiger partial charge in [0.25, 0.3) is 0 Å². The van der Waals surface area contributed by atoms with Crippen LogP contribution in [-0.4, -0.2) is 12.6 Å². The summed E-state index contributed by atoms with van der Waals surface area (Å²) in [5.74, 6) is -0.321. The third-order valence-corrected chi connectivity index (χ3v) is 2.99. The molecule has 82 valence electrons. The molecule has 0 heterocycles. The van der Waals surface area contributed by atoms with Gasteiger partial charge >= 0.3 is 5.97 Å². The molecule has 0 aliphatic heterocycles.